The molecule has 2 heterocycles. The van der Waals surface area contributed by atoms with Crippen molar-refractivity contribution in [2.75, 3.05) is 19.6 Å². The standard InChI is InChI=1S/C17H21N5O3/c1-2-21(17(23)16-15(22(24)25)10-18-19-16)14-8-9-20(12-14)11-13-6-4-3-5-7-13/h3-7,10,14H,2,8-9,11-12H2,1H3,(H,18,19)/t14-/m0/s1. The summed E-state index contributed by atoms with van der Waals surface area (Å²) in [7, 11) is 0. The van der Waals surface area contributed by atoms with Gasteiger partial charge in [0.05, 0.1) is 4.92 Å². The third-order valence-corrected chi connectivity index (χ3v) is 4.57. The van der Waals surface area contributed by atoms with Gasteiger partial charge in [-0.3, -0.25) is 24.9 Å². The van der Waals surface area contributed by atoms with Gasteiger partial charge in [0.1, 0.15) is 6.20 Å². The van der Waals surface area contributed by atoms with E-state index < -0.39 is 4.92 Å². The topological polar surface area (TPSA) is 95.4 Å². The van der Waals surface area contributed by atoms with Crippen molar-refractivity contribution in [3.05, 3.63) is 57.9 Å². The van der Waals surface area contributed by atoms with Crippen LogP contribution in [0.5, 0.6) is 0 Å². The number of nitrogens with one attached hydrogen (secondary N) is 1. The lowest BCUT2D eigenvalue weighted by molar-refractivity contribution is -0.385. The number of nitro groups is 1. The minimum Gasteiger partial charge on any atom is -0.333 e. The number of H-pyrrole nitrogens is 1. The van der Waals surface area contributed by atoms with Crippen LogP contribution in [0.2, 0.25) is 0 Å². The zero-order valence-electron chi connectivity index (χ0n) is 14.1. The number of nitrogens with zero attached hydrogens (tertiary/aromatic N) is 4. The highest BCUT2D eigenvalue weighted by atomic mass is 16.6. The van der Waals surface area contributed by atoms with Crippen LogP contribution >= 0.6 is 0 Å². The molecule has 8 nitrogen and oxygen atoms in total. The van der Waals surface area contributed by atoms with E-state index in [4.69, 9.17) is 0 Å². The number of hydrogen-bond donors (Lipinski definition) is 1. The number of likely N-dealkylation sites (N-methyl/N-ethyl adjacent to an activating group) is 1. The summed E-state index contributed by atoms with van der Waals surface area (Å²) in [5.74, 6) is -0.363. The first-order valence-corrected chi connectivity index (χ1v) is 8.35. The van der Waals surface area contributed by atoms with Crippen LogP contribution in [0, 0.1) is 10.1 Å². The third kappa shape index (κ3) is 3.69. The molecular weight excluding hydrogens is 322 g/mol. The fourth-order valence-electron chi connectivity index (χ4n) is 3.34. The number of hydrogen-bond acceptors (Lipinski definition) is 5. The van der Waals surface area contributed by atoms with Gasteiger partial charge >= 0.3 is 5.69 Å². The van der Waals surface area contributed by atoms with E-state index in [2.05, 4.69) is 27.2 Å². The summed E-state index contributed by atoms with van der Waals surface area (Å²) in [5, 5.41) is 17.2. The van der Waals surface area contributed by atoms with Gasteiger partial charge in [-0.05, 0) is 18.9 Å². The largest absolute Gasteiger partial charge is 0.333 e. The van der Waals surface area contributed by atoms with E-state index in [-0.39, 0.29) is 23.3 Å². The lowest BCUT2D eigenvalue weighted by Crippen LogP contribution is -2.42. The molecule has 1 saturated heterocycles. The number of amides is 1. The predicted octanol–water partition coefficient (Wildman–Crippen LogP) is 2.05. The Balaban J connectivity index is 1.68. The summed E-state index contributed by atoms with van der Waals surface area (Å²) in [6.45, 7) is 4.89. The molecule has 1 N–H and O–H groups in total. The highest BCUT2D eigenvalue weighted by molar-refractivity contribution is 5.96. The van der Waals surface area contributed by atoms with Crippen molar-refractivity contribution in [1.29, 1.82) is 0 Å². The zero-order chi connectivity index (χ0) is 17.8. The molecule has 3 rings (SSSR count). The van der Waals surface area contributed by atoms with Crippen LogP contribution < -0.4 is 0 Å². The highest BCUT2D eigenvalue weighted by Gasteiger charge is 2.34. The summed E-state index contributed by atoms with van der Waals surface area (Å²) < 4.78 is 0. The summed E-state index contributed by atoms with van der Waals surface area (Å²) in [6.07, 6.45) is 1.94. The SMILES string of the molecule is CCN(C(=O)c1[nH]ncc1[N+](=O)[O-])[C@H]1CCN(Cc2ccccc2)C1. The van der Waals surface area contributed by atoms with E-state index in [1.54, 1.807) is 4.90 Å². The van der Waals surface area contributed by atoms with E-state index in [0.717, 1.165) is 32.3 Å². The van der Waals surface area contributed by atoms with Gasteiger partial charge in [0, 0.05) is 32.2 Å². The maximum Gasteiger partial charge on any atom is 0.319 e. The summed E-state index contributed by atoms with van der Waals surface area (Å²) in [4.78, 5) is 27.2. The van der Waals surface area contributed by atoms with Crippen molar-refractivity contribution in [2.24, 2.45) is 0 Å². The lowest BCUT2D eigenvalue weighted by Gasteiger charge is -2.27. The van der Waals surface area contributed by atoms with Gasteiger partial charge < -0.3 is 4.90 Å². The molecule has 132 valence electrons. The molecule has 2 aromatic rings. The van der Waals surface area contributed by atoms with E-state index in [0.29, 0.717) is 6.54 Å². The number of aromatic amines is 1. The number of carbonyl (C=O) groups excluding carboxylic acids is 1. The van der Waals surface area contributed by atoms with E-state index in [1.807, 2.05) is 25.1 Å². The van der Waals surface area contributed by atoms with Crippen molar-refractivity contribution in [1.82, 2.24) is 20.0 Å². The minimum atomic E-state index is -0.582. The Morgan fingerprint density at radius 2 is 2.20 bits per heavy atom. The molecule has 0 bridgehead atoms. The highest BCUT2D eigenvalue weighted by Crippen LogP contribution is 2.22. The fourth-order valence-corrected chi connectivity index (χ4v) is 3.34. The Kier molecular flexibility index (Phi) is 5.08. The fraction of sp³-hybridized carbons (Fsp3) is 0.412. The van der Waals surface area contributed by atoms with Gasteiger partial charge in [-0.15, -0.1) is 0 Å². The van der Waals surface area contributed by atoms with E-state index in [1.165, 1.54) is 5.56 Å². The summed E-state index contributed by atoms with van der Waals surface area (Å²) >= 11 is 0. The minimum absolute atomic E-state index is 0.0455. The first kappa shape index (κ1) is 17.1. The Bertz CT molecular complexity index is 746. The molecule has 1 aliphatic heterocycles. The maximum atomic E-state index is 12.7. The molecule has 0 unspecified atom stereocenters. The van der Waals surface area contributed by atoms with E-state index in [9.17, 15) is 14.9 Å². The Hall–Kier alpha value is -2.74. The first-order valence-electron chi connectivity index (χ1n) is 8.35. The molecule has 8 heteroatoms. The van der Waals surface area contributed by atoms with Crippen LogP contribution in [0.25, 0.3) is 0 Å². The normalized spacial score (nSPS) is 17.6. The number of rotatable bonds is 6. The maximum absolute atomic E-state index is 12.7. The number of carbonyl (C=O) groups is 1. The van der Waals surface area contributed by atoms with Crippen LogP contribution in [-0.2, 0) is 6.54 Å². The van der Waals surface area contributed by atoms with Gasteiger partial charge in [0.15, 0.2) is 0 Å². The van der Waals surface area contributed by atoms with Gasteiger partial charge in [0.25, 0.3) is 5.91 Å². The predicted molar refractivity (Wildman–Crippen MR) is 92.1 cm³/mol. The molecule has 0 aliphatic carbocycles. The molecule has 1 aliphatic rings. The molecule has 1 amide bonds. The van der Waals surface area contributed by atoms with Crippen LogP contribution in [0.1, 0.15) is 29.4 Å². The van der Waals surface area contributed by atoms with Crippen LogP contribution in [0.15, 0.2) is 36.5 Å². The average Bonchev–Trinajstić information content (AvgIpc) is 3.26. The zero-order valence-corrected chi connectivity index (χ0v) is 14.1. The van der Waals surface area contributed by atoms with Crippen LogP contribution in [-0.4, -0.2) is 56.5 Å². The van der Waals surface area contributed by atoms with Crippen molar-refractivity contribution < 1.29 is 9.72 Å². The van der Waals surface area contributed by atoms with Crippen molar-refractivity contribution in [3.63, 3.8) is 0 Å². The van der Waals surface area contributed by atoms with Gasteiger partial charge in [-0.2, -0.15) is 5.10 Å². The molecule has 1 fully saturated rings. The summed E-state index contributed by atoms with van der Waals surface area (Å²) in [6, 6.07) is 10.2. The van der Waals surface area contributed by atoms with Crippen molar-refractivity contribution in [3.8, 4) is 0 Å². The van der Waals surface area contributed by atoms with Crippen LogP contribution in [0.3, 0.4) is 0 Å². The molecule has 1 atom stereocenters. The number of benzene rings is 1. The monoisotopic (exact) mass is 343 g/mol. The Morgan fingerprint density at radius 3 is 2.88 bits per heavy atom. The van der Waals surface area contributed by atoms with E-state index >= 15 is 0 Å². The Labute approximate surface area is 145 Å². The van der Waals surface area contributed by atoms with Gasteiger partial charge in [-0.1, -0.05) is 30.3 Å². The summed E-state index contributed by atoms with van der Waals surface area (Å²) in [5.41, 5.74) is 0.915. The molecule has 1 aromatic heterocycles. The lowest BCUT2D eigenvalue weighted by atomic mass is 10.2. The Morgan fingerprint density at radius 1 is 1.44 bits per heavy atom. The van der Waals surface area contributed by atoms with Crippen LogP contribution in [0.4, 0.5) is 5.69 Å². The second-order valence-corrected chi connectivity index (χ2v) is 6.14. The van der Waals surface area contributed by atoms with Crippen molar-refractivity contribution in [2.45, 2.75) is 25.9 Å². The molecule has 0 spiro atoms. The molecule has 0 radical (unpaired) electrons. The average molecular weight is 343 g/mol. The molecule has 0 saturated carbocycles. The third-order valence-electron chi connectivity index (χ3n) is 4.57. The molecule has 25 heavy (non-hydrogen) atoms. The van der Waals surface area contributed by atoms with Gasteiger partial charge in [0.2, 0.25) is 5.69 Å². The second-order valence-electron chi connectivity index (χ2n) is 6.14. The van der Waals surface area contributed by atoms with Crippen molar-refractivity contribution >= 4 is 11.6 Å². The molecule has 1 aromatic carbocycles. The molecular formula is C17H21N5O3. The van der Waals surface area contributed by atoms with Gasteiger partial charge in [-0.25, -0.2) is 0 Å². The smallest absolute Gasteiger partial charge is 0.319 e. The first-order chi connectivity index (χ1) is 12.1. The quantitative estimate of drug-likeness (QED) is 0.640. The number of likely N-dealkylation sites (tertiary alicyclic amines) is 1. The number of aromatic nitrogens is 2. The second kappa shape index (κ2) is 7.43.